The highest BCUT2D eigenvalue weighted by atomic mass is 35.5. The van der Waals surface area contributed by atoms with E-state index >= 15 is 0 Å². The van der Waals surface area contributed by atoms with Crippen molar-refractivity contribution in [2.45, 2.75) is 6.42 Å². The number of rotatable bonds is 3. The molecule has 0 radical (unpaired) electrons. The molecule has 0 heterocycles. The zero-order valence-corrected chi connectivity index (χ0v) is 8.82. The highest BCUT2D eigenvalue weighted by molar-refractivity contribution is 6.36. The molecular weight excluding hydrogens is 209 g/mol. The molecule has 0 aliphatic carbocycles. The highest BCUT2D eigenvalue weighted by Gasteiger charge is 2.07. The van der Waals surface area contributed by atoms with Gasteiger partial charge < -0.3 is 10.5 Å². The maximum atomic E-state index is 5.97. The lowest BCUT2D eigenvalue weighted by Crippen LogP contribution is -2.03. The smallest absolute Gasteiger partial charge is 0.121 e. The Bertz CT molecular complexity index is 279. The van der Waals surface area contributed by atoms with Crippen LogP contribution in [0.1, 0.15) is 5.56 Å². The monoisotopic (exact) mass is 219 g/mol. The Morgan fingerprint density at radius 3 is 2.23 bits per heavy atom. The lowest BCUT2D eigenvalue weighted by molar-refractivity contribution is 0.414. The molecule has 1 rings (SSSR count). The van der Waals surface area contributed by atoms with Gasteiger partial charge in [0.2, 0.25) is 0 Å². The summed E-state index contributed by atoms with van der Waals surface area (Å²) in [5.41, 5.74) is 6.30. The number of nitrogens with two attached hydrogens (primary N) is 1. The van der Waals surface area contributed by atoms with Gasteiger partial charge in [0.05, 0.1) is 7.11 Å². The lowest BCUT2D eigenvalue weighted by atomic mass is 10.1. The van der Waals surface area contributed by atoms with Crippen LogP contribution in [0.25, 0.3) is 0 Å². The van der Waals surface area contributed by atoms with Crippen LogP contribution in [0.5, 0.6) is 5.75 Å². The molecular formula is C9H11Cl2NO. The van der Waals surface area contributed by atoms with E-state index in [-0.39, 0.29) is 0 Å². The van der Waals surface area contributed by atoms with Crippen LogP contribution in [0.3, 0.4) is 0 Å². The Morgan fingerprint density at radius 1 is 1.31 bits per heavy atom. The quantitative estimate of drug-likeness (QED) is 0.849. The van der Waals surface area contributed by atoms with Gasteiger partial charge >= 0.3 is 0 Å². The predicted octanol–water partition coefficient (Wildman–Crippen LogP) is 2.50. The summed E-state index contributed by atoms with van der Waals surface area (Å²) in [5.74, 6) is 0.663. The zero-order valence-electron chi connectivity index (χ0n) is 7.31. The molecule has 4 heteroatoms. The van der Waals surface area contributed by atoms with Crippen molar-refractivity contribution < 1.29 is 4.74 Å². The Labute approximate surface area is 87.6 Å². The molecule has 0 saturated carbocycles. The molecule has 0 unspecified atom stereocenters. The van der Waals surface area contributed by atoms with E-state index in [9.17, 15) is 0 Å². The molecule has 0 atom stereocenters. The summed E-state index contributed by atoms with van der Waals surface area (Å²) in [6.45, 7) is 0.534. The van der Waals surface area contributed by atoms with Gasteiger partial charge in [-0.15, -0.1) is 0 Å². The second-order valence-electron chi connectivity index (χ2n) is 2.61. The largest absolute Gasteiger partial charge is 0.497 e. The summed E-state index contributed by atoms with van der Waals surface area (Å²) in [7, 11) is 1.57. The van der Waals surface area contributed by atoms with Crippen molar-refractivity contribution in [2.24, 2.45) is 5.73 Å². The fourth-order valence-electron chi connectivity index (χ4n) is 1.08. The molecule has 2 nitrogen and oxygen atoms in total. The molecule has 1 aromatic rings. The van der Waals surface area contributed by atoms with Crippen LogP contribution in [0.15, 0.2) is 12.1 Å². The third-order valence-electron chi connectivity index (χ3n) is 1.74. The number of hydrogen-bond acceptors (Lipinski definition) is 2. The van der Waals surface area contributed by atoms with E-state index in [0.717, 1.165) is 5.56 Å². The molecule has 0 spiro atoms. The molecule has 2 N–H and O–H groups in total. The molecule has 13 heavy (non-hydrogen) atoms. The van der Waals surface area contributed by atoms with E-state index in [0.29, 0.717) is 28.8 Å². The molecule has 0 saturated heterocycles. The summed E-state index contributed by atoms with van der Waals surface area (Å²) in [4.78, 5) is 0. The average Bonchev–Trinajstić information content (AvgIpc) is 2.11. The fraction of sp³-hybridized carbons (Fsp3) is 0.333. The molecule has 0 aromatic heterocycles. The average molecular weight is 220 g/mol. The van der Waals surface area contributed by atoms with Gasteiger partial charge in [-0.2, -0.15) is 0 Å². The van der Waals surface area contributed by atoms with Gasteiger partial charge in [0.25, 0.3) is 0 Å². The number of methoxy groups -OCH3 is 1. The van der Waals surface area contributed by atoms with Crippen molar-refractivity contribution in [1.82, 2.24) is 0 Å². The van der Waals surface area contributed by atoms with Crippen LogP contribution < -0.4 is 10.5 Å². The molecule has 0 fully saturated rings. The van der Waals surface area contributed by atoms with Crippen molar-refractivity contribution in [3.63, 3.8) is 0 Å². The minimum Gasteiger partial charge on any atom is -0.497 e. The summed E-state index contributed by atoms with van der Waals surface area (Å²) in [5, 5.41) is 1.21. The van der Waals surface area contributed by atoms with Gasteiger partial charge in [0, 0.05) is 10.0 Å². The second kappa shape index (κ2) is 4.70. The number of benzene rings is 1. The Balaban J connectivity index is 3.07. The molecule has 0 amide bonds. The summed E-state index contributed by atoms with van der Waals surface area (Å²) >= 11 is 11.9. The van der Waals surface area contributed by atoms with E-state index in [1.807, 2.05) is 0 Å². The first-order valence-corrected chi connectivity index (χ1v) is 4.66. The maximum absolute atomic E-state index is 5.97. The summed E-state index contributed by atoms with van der Waals surface area (Å²) < 4.78 is 5.01. The first kappa shape index (κ1) is 10.6. The fourth-order valence-corrected chi connectivity index (χ4v) is 1.74. The molecule has 0 aliphatic heterocycles. The maximum Gasteiger partial charge on any atom is 0.121 e. The van der Waals surface area contributed by atoms with E-state index in [2.05, 4.69) is 0 Å². The lowest BCUT2D eigenvalue weighted by Gasteiger charge is -2.07. The Hall–Kier alpha value is -0.440. The number of halogens is 2. The minimum absolute atomic E-state index is 0.534. The standard InChI is InChI=1S/C9H11Cl2NO/c1-13-6-4-8(10)7(2-3-12)9(11)5-6/h4-5H,2-3,12H2,1H3. The van der Waals surface area contributed by atoms with Crippen LogP contribution in [0, 0.1) is 0 Å². The first-order valence-electron chi connectivity index (χ1n) is 3.91. The van der Waals surface area contributed by atoms with Crippen molar-refractivity contribution in [3.8, 4) is 5.75 Å². The number of hydrogen-bond donors (Lipinski definition) is 1. The third kappa shape index (κ3) is 2.50. The van der Waals surface area contributed by atoms with Crippen LogP contribution >= 0.6 is 23.2 Å². The van der Waals surface area contributed by atoms with Crippen LogP contribution in [-0.2, 0) is 6.42 Å². The van der Waals surface area contributed by atoms with E-state index in [1.54, 1.807) is 19.2 Å². The molecule has 72 valence electrons. The van der Waals surface area contributed by atoms with Gasteiger partial charge in [0.1, 0.15) is 5.75 Å². The van der Waals surface area contributed by atoms with E-state index < -0.39 is 0 Å². The summed E-state index contributed by atoms with van der Waals surface area (Å²) in [6.07, 6.45) is 0.682. The third-order valence-corrected chi connectivity index (χ3v) is 2.42. The van der Waals surface area contributed by atoms with Gasteiger partial charge in [-0.1, -0.05) is 23.2 Å². The second-order valence-corrected chi connectivity index (χ2v) is 3.42. The Kier molecular flexibility index (Phi) is 3.85. The van der Waals surface area contributed by atoms with Gasteiger partial charge in [-0.3, -0.25) is 0 Å². The predicted molar refractivity (Wildman–Crippen MR) is 55.8 cm³/mol. The van der Waals surface area contributed by atoms with Crippen LogP contribution in [-0.4, -0.2) is 13.7 Å². The summed E-state index contributed by atoms with van der Waals surface area (Å²) in [6, 6.07) is 3.47. The van der Waals surface area contributed by atoms with Crippen molar-refractivity contribution in [1.29, 1.82) is 0 Å². The van der Waals surface area contributed by atoms with Gasteiger partial charge in [0.15, 0.2) is 0 Å². The highest BCUT2D eigenvalue weighted by Crippen LogP contribution is 2.30. The van der Waals surface area contributed by atoms with Crippen molar-refractivity contribution in [3.05, 3.63) is 27.7 Å². The van der Waals surface area contributed by atoms with E-state index in [4.69, 9.17) is 33.7 Å². The SMILES string of the molecule is COc1cc(Cl)c(CCN)c(Cl)c1. The van der Waals surface area contributed by atoms with Gasteiger partial charge in [-0.05, 0) is 30.7 Å². The van der Waals surface area contributed by atoms with Crippen molar-refractivity contribution in [2.75, 3.05) is 13.7 Å². The van der Waals surface area contributed by atoms with E-state index in [1.165, 1.54) is 0 Å². The molecule has 1 aromatic carbocycles. The van der Waals surface area contributed by atoms with Gasteiger partial charge in [-0.25, -0.2) is 0 Å². The number of ether oxygens (including phenoxy) is 1. The minimum atomic E-state index is 0.534. The molecule has 0 aliphatic rings. The van der Waals surface area contributed by atoms with Crippen molar-refractivity contribution >= 4 is 23.2 Å². The first-order chi connectivity index (χ1) is 6.19. The van der Waals surface area contributed by atoms with Crippen LogP contribution in [0.2, 0.25) is 10.0 Å². The zero-order chi connectivity index (χ0) is 9.84. The normalized spacial score (nSPS) is 10.2. The topological polar surface area (TPSA) is 35.2 Å². The van der Waals surface area contributed by atoms with Crippen LogP contribution in [0.4, 0.5) is 0 Å². The molecule has 0 bridgehead atoms. The Morgan fingerprint density at radius 2 is 1.85 bits per heavy atom.